The molecule has 0 bridgehead atoms. The van der Waals surface area contributed by atoms with Gasteiger partial charge in [0.05, 0.1) is 27.7 Å². The van der Waals surface area contributed by atoms with Crippen LogP contribution < -0.4 is 0 Å². The molecule has 0 radical (unpaired) electrons. The monoisotopic (exact) mass is 762 g/mol. The normalized spacial score (nSPS) is 14.0. The van der Waals surface area contributed by atoms with E-state index in [-0.39, 0.29) is 19.8 Å². The van der Waals surface area contributed by atoms with Crippen LogP contribution in [0.1, 0.15) is 168 Å². The predicted molar refractivity (Wildman–Crippen MR) is 221 cm³/mol. The summed E-state index contributed by atoms with van der Waals surface area (Å²) in [7, 11) is 1.71. The lowest BCUT2D eigenvalue weighted by Crippen LogP contribution is -2.37. The summed E-state index contributed by atoms with van der Waals surface area (Å²) in [4.78, 5) is 10.2. The quantitative estimate of drug-likeness (QED) is 0.0222. The smallest absolute Gasteiger partial charge is 0.472 e. The van der Waals surface area contributed by atoms with Crippen LogP contribution in [-0.4, -0.2) is 73.1 Å². The molecule has 2 atom stereocenters. The number of allylic oxidation sites excluding steroid dienone is 4. The number of nitrogens with zero attached hydrogens (tertiary/aromatic N) is 1. The van der Waals surface area contributed by atoms with Crippen molar-refractivity contribution in [2.45, 2.75) is 174 Å². The highest BCUT2D eigenvalue weighted by Crippen LogP contribution is 2.43. The van der Waals surface area contributed by atoms with Crippen molar-refractivity contribution in [2.75, 3.05) is 47.5 Å². The van der Waals surface area contributed by atoms with E-state index in [4.69, 9.17) is 43.0 Å². The van der Waals surface area contributed by atoms with Crippen molar-refractivity contribution < 1.29 is 32.5 Å². The lowest BCUT2D eigenvalue weighted by atomic mass is 10.1. The molecule has 10 heteroatoms. The zero-order chi connectivity index (χ0) is 37.2. The third-order valence-electron chi connectivity index (χ3n) is 8.45. The number of likely N-dealkylation sites (N-methyl/N-ethyl adjacent to an activating group) is 1. The molecule has 7 nitrogen and oxygen atoms in total. The average Bonchev–Trinajstić information content (AvgIpc) is 3.06. The van der Waals surface area contributed by atoms with Crippen molar-refractivity contribution in [2.24, 2.45) is 0 Å². The van der Waals surface area contributed by atoms with Gasteiger partial charge in [-0.3, -0.25) is 9.05 Å². The Balaban J connectivity index is 4.45. The molecule has 0 aliphatic heterocycles. The predicted octanol–water partition coefficient (Wildman–Crippen LogP) is 12.4. The minimum atomic E-state index is -4.25. The van der Waals surface area contributed by atoms with E-state index in [1.807, 2.05) is 21.1 Å². The number of thiocarbonyl (C=S) groups is 2. The first-order chi connectivity index (χ1) is 24.0. The van der Waals surface area contributed by atoms with E-state index in [0.29, 0.717) is 34.0 Å². The van der Waals surface area contributed by atoms with Gasteiger partial charge < -0.3 is 18.9 Å². The molecule has 1 unspecified atom stereocenters. The summed E-state index contributed by atoms with van der Waals surface area (Å²) in [6, 6.07) is 0. The molecule has 0 aromatic heterocycles. The number of quaternary nitrogens is 1. The third kappa shape index (κ3) is 37.1. The first-order valence-corrected chi connectivity index (χ1v) is 22.4. The molecule has 0 saturated carbocycles. The summed E-state index contributed by atoms with van der Waals surface area (Å²) >= 11 is 11.0. The molecular weight excluding hydrogens is 686 g/mol. The van der Waals surface area contributed by atoms with Gasteiger partial charge in [0.2, 0.25) is 0 Å². The van der Waals surface area contributed by atoms with Crippen LogP contribution in [0.15, 0.2) is 24.3 Å². The fourth-order valence-corrected chi connectivity index (χ4v) is 6.47. The van der Waals surface area contributed by atoms with Crippen LogP contribution in [0.5, 0.6) is 0 Å². The molecule has 0 fully saturated rings. The Hall–Kier alpha value is -0.670. The molecule has 0 amide bonds. The van der Waals surface area contributed by atoms with E-state index in [9.17, 15) is 9.46 Å². The molecule has 0 rings (SSSR count). The molecule has 0 aliphatic carbocycles. The average molecular weight is 763 g/mol. The standard InChI is InChI=1S/C40H76NO6PS2/c1-6-8-10-12-14-16-18-20-22-24-26-28-30-32-39(49)44-36-38(37-46-48(42,43)45-35-34-41(3,4)5)47-40(50)33-31-29-27-25-23-21-19-17-15-13-11-9-7-2/h18-21,38H,6-17,22-37H2,1-5H3/p+1/b20-18-,21-19-/t38-/m1/s1. The Morgan fingerprint density at radius 1 is 0.620 bits per heavy atom. The van der Waals surface area contributed by atoms with Crippen molar-refractivity contribution in [1.82, 2.24) is 0 Å². The molecule has 0 heterocycles. The van der Waals surface area contributed by atoms with E-state index in [1.165, 1.54) is 96.3 Å². The summed E-state index contributed by atoms with van der Waals surface area (Å²) in [6.45, 7) is 5.10. The second-order valence-corrected chi connectivity index (χ2v) is 17.0. The summed E-state index contributed by atoms with van der Waals surface area (Å²) in [6.07, 6.45) is 36.8. The number of hydrogen-bond acceptors (Lipinski definition) is 7. The molecule has 294 valence electrons. The molecule has 0 aromatic carbocycles. The van der Waals surface area contributed by atoms with Gasteiger partial charge in [-0.15, -0.1) is 0 Å². The summed E-state index contributed by atoms with van der Waals surface area (Å²) in [5.41, 5.74) is 0. The van der Waals surface area contributed by atoms with Crippen LogP contribution in [0.25, 0.3) is 0 Å². The Kier molecular flexibility index (Phi) is 33.7. The Bertz CT molecular complexity index is 924. The van der Waals surface area contributed by atoms with Gasteiger partial charge in [-0.2, -0.15) is 0 Å². The van der Waals surface area contributed by atoms with Gasteiger partial charge in [-0.1, -0.05) is 115 Å². The molecule has 0 aromatic rings. The van der Waals surface area contributed by atoms with Gasteiger partial charge in [0, 0.05) is 12.8 Å². The zero-order valence-electron chi connectivity index (χ0n) is 32.9. The van der Waals surface area contributed by atoms with Crippen molar-refractivity contribution in [3.05, 3.63) is 24.3 Å². The van der Waals surface area contributed by atoms with E-state index in [0.717, 1.165) is 44.9 Å². The highest BCUT2D eigenvalue weighted by Gasteiger charge is 2.26. The minimum absolute atomic E-state index is 0.103. The van der Waals surface area contributed by atoms with E-state index in [1.54, 1.807) is 0 Å². The molecular formula is C40H77NO6PS2+. The van der Waals surface area contributed by atoms with Crippen molar-refractivity contribution in [3.8, 4) is 0 Å². The fourth-order valence-electron chi connectivity index (χ4n) is 5.24. The van der Waals surface area contributed by atoms with Gasteiger partial charge in [-0.05, 0) is 88.6 Å². The number of rotatable bonds is 36. The Morgan fingerprint density at radius 2 is 1.04 bits per heavy atom. The van der Waals surface area contributed by atoms with Gasteiger partial charge in [0.1, 0.15) is 19.8 Å². The number of phosphoric ester groups is 1. The maximum Gasteiger partial charge on any atom is 0.472 e. The van der Waals surface area contributed by atoms with Crippen molar-refractivity contribution in [1.29, 1.82) is 0 Å². The third-order valence-corrected chi connectivity index (χ3v) is 10.1. The lowest BCUT2D eigenvalue weighted by molar-refractivity contribution is -0.870. The summed E-state index contributed by atoms with van der Waals surface area (Å²) in [5.74, 6) is 0. The van der Waals surface area contributed by atoms with Crippen molar-refractivity contribution >= 4 is 42.4 Å². The maximum absolute atomic E-state index is 12.5. The molecule has 50 heavy (non-hydrogen) atoms. The first kappa shape index (κ1) is 49.3. The van der Waals surface area contributed by atoms with Crippen LogP contribution in [-0.2, 0) is 23.1 Å². The second-order valence-electron chi connectivity index (χ2n) is 14.7. The summed E-state index contributed by atoms with van der Waals surface area (Å²) in [5, 5.41) is 0.977. The van der Waals surface area contributed by atoms with Crippen LogP contribution in [0.2, 0.25) is 0 Å². The highest BCUT2D eigenvalue weighted by molar-refractivity contribution is 7.80. The van der Waals surface area contributed by atoms with Crippen LogP contribution in [0, 0.1) is 0 Å². The second kappa shape index (κ2) is 34.1. The van der Waals surface area contributed by atoms with Gasteiger partial charge >= 0.3 is 7.82 Å². The SMILES string of the molecule is CCCCCCC/C=C\CCCCCCC(=S)OC[C@H](COP(=O)(O)OCC[N+](C)(C)C)OC(=S)CCCCCC/C=C\CCCCCCC. The highest BCUT2D eigenvalue weighted by atomic mass is 32.1. The largest absolute Gasteiger partial charge is 0.483 e. The molecule has 0 spiro atoms. The maximum atomic E-state index is 12.5. The van der Waals surface area contributed by atoms with Crippen molar-refractivity contribution in [3.63, 3.8) is 0 Å². The van der Waals surface area contributed by atoms with Crippen LogP contribution in [0.4, 0.5) is 0 Å². The van der Waals surface area contributed by atoms with E-state index < -0.39 is 13.9 Å². The Morgan fingerprint density at radius 3 is 1.48 bits per heavy atom. The van der Waals surface area contributed by atoms with Crippen LogP contribution >= 0.6 is 32.3 Å². The fraction of sp³-hybridized carbons (Fsp3) is 0.850. The first-order valence-electron chi connectivity index (χ1n) is 20.1. The Labute approximate surface area is 319 Å². The molecule has 0 aliphatic rings. The van der Waals surface area contributed by atoms with Gasteiger partial charge in [0.15, 0.2) is 16.2 Å². The zero-order valence-corrected chi connectivity index (χ0v) is 35.4. The molecule has 0 saturated heterocycles. The van der Waals surface area contributed by atoms with Crippen LogP contribution in [0.3, 0.4) is 0 Å². The van der Waals surface area contributed by atoms with Gasteiger partial charge in [-0.25, -0.2) is 4.57 Å². The number of hydrogen-bond donors (Lipinski definition) is 1. The lowest BCUT2D eigenvalue weighted by Gasteiger charge is -2.24. The van der Waals surface area contributed by atoms with Gasteiger partial charge in [0.25, 0.3) is 0 Å². The topological polar surface area (TPSA) is 74.2 Å². The summed E-state index contributed by atoms with van der Waals surface area (Å²) < 4.78 is 35.5. The van der Waals surface area contributed by atoms with E-state index in [2.05, 4.69) is 38.2 Å². The number of unbranched alkanes of at least 4 members (excludes halogenated alkanes) is 18. The van der Waals surface area contributed by atoms with E-state index >= 15 is 0 Å². The minimum Gasteiger partial charge on any atom is -0.483 e. The number of ether oxygens (including phenoxy) is 2. The molecule has 1 N–H and O–H groups in total. The number of phosphoric acid groups is 1.